The van der Waals surface area contributed by atoms with E-state index in [2.05, 4.69) is 15.6 Å². The smallest absolute Gasteiger partial charge is 0.320 e. The van der Waals surface area contributed by atoms with Gasteiger partial charge in [-0.05, 0) is 37.6 Å². The zero-order valence-corrected chi connectivity index (χ0v) is 13.8. The quantitative estimate of drug-likeness (QED) is 0.905. The summed E-state index contributed by atoms with van der Waals surface area (Å²) in [4.78, 5) is 16.2. The minimum atomic E-state index is -0.705. The molecular formula is C18H21N3O3. The molecule has 6 nitrogen and oxygen atoms in total. The van der Waals surface area contributed by atoms with Gasteiger partial charge in [0.25, 0.3) is 0 Å². The molecule has 1 fully saturated rings. The number of carbonyl (C=O) groups is 1. The van der Waals surface area contributed by atoms with Crippen LogP contribution in [0.4, 0.5) is 10.6 Å². The summed E-state index contributed by atoms with van der Waals surface area (Å²) < 4.78 is 11.3. The Morgan fingerprint density at radius 2 is 1.96 bits per heavy atom. The number of carbonyl (C=O) groups excluding carboxylic acids is 1. The van der Waals surface area contributed by atoms with Crippen LogP contribution in [0.5, 0.6) is 0 Å². The largest absolute Gasteiger partial charge is 0.344 e. The number of hydrogen-bond donors (Lipinski definition) is 2. The van der Waals surface area contributed by atoms with Crippen LogP contribution in [-0.2, 0) is 21.8 Å². The Hall–Kier alpha value is -2.44. The maximum Gasteiger partial charge on any atom is 0.320 e. The first-order valence-corrected chi connectivity index (χ1v) is 7.91. The second-order valence-corrected chi connectivity index (χ2v) is 5.81. The van der Waals surface area contributed by atoms with Gasteiger partial charge in [0, 0.05) is 17.8 Å². The molecule has 2 N–H and O–H groups in total. The summed E-state index contributed by atoms with van der Waals surface area (Å²) in [5, 5.41) is 5.55. The first-order valence-electron chi connectivity index (χ1n) is 7.91. The Bertz CT molecular complexity index is 727. The summed E-state index contributed by atoms with van der Waals surface area (Å²) in [6.45, 7) is 5.36. The van der Waals surface area contributed by atoms with E-state index in [1.165, 1.54) is 0 Å². The zero-order valence-electron chi connectivity index (χ0n) is 13.8. The van der Waals surface area contributed by atoms with Crippen LogP contribution in [0, 0.1) is 6.92 Å². The van der Waals surface area contributed by atoms with Gasteiger partial charge in [-0.2, -0.15) is 0 Å². The lowest BCUT2D eigenvalue weighted by molar-refractivity contribution is -0.149. The van der Waals surface area contributed by atoms with Gasteiger partial charge in [0.1, 0.15) is 5.82 Å². The monoisotopic (exact) mass is 327 g/mol. The highest BCUT2D eigenvalue weighted by Crippen LogP contribution is 2.31. The topological polar surface area (TPSA) is 72.5 Å². The highest BCUT2D eigenvalue weighted by molar-refractivity contribution is 5.88. The number of pyridine rings is 1. The number of nitrogens with one attached hydrogen (secondary N) is 2. The fourth-order valence-electron chi connectivity index (χ4n) is 2.60. The Morgan fingerprint density at radius 1 is 1.21 bits per heavy atom. The van der Waals surface area contributed by atoms with Gasteiger partial charge in [-0.15, -0.1) is 0 Å². The van der Waals surface area contributed by atoms with Crippen molar-refractivity contribution in [2.24, 2.45) is 0 Å². The van der Waals surface area contributed by atoms with Crippen LogP contribution in [0.1, 0.15) is 23.7 Å². The molecule has 1 aromatic carbocycles. The average molecular weight is 327 g/mol. The van der Waals surface area contributed by atoms with Crippen molar-refractivity contribution in [3.63, 3.8) is 0 Å². The summed E-state index contributed by atoms with van der Waals surface area (Å²) in [6, 6.07) is 13.0. The number of ether oxygens (including phenoxy) is 2. The maximum atomic E-state index is 12.0. The van der Waals surface area contributed by atoms with E-state index >= 15 is 0 Å². The van der Waals surface area contributed by atoms with Gasteiger partial charge in [0.2, 0.25) is 0 Å². The predicted octanol–water partition coefficient (Wildman–Crippen LogP) is 2.93. The standard InChI is InChI=1S/C18H21N3O3/c1-13-5-3-8-16(20-13)21-17(22)19-12-14-6-4-7-15(11-14)18(2)23-9-10-24-18/h3-8,11H,9-10,12H2,1-2H3,(H2,19,20,21,22). The average Bonchev–Trinajstić information content (AvgIpc) is 3.01. The number of hydrogen-bond acceptors (Lipinski definition) is 4. The van der Waals surface area contributed by atoms with E-state index in [0.29, 0.717) is 25.6 Å². The van der Waals surface area contributed by atoms with Crippen molar-refractivity contribution in [3.8, 4) is 0 Å². The molecule has 1 aliphatic heterocycles. The van der Waals surface area contributed by atoms with E-state index < -0.39 is 5.79 Å². The summed E-state index contributed by atoms with van der Waals surface area (Å²) >= 11 is 0. The van der Waals surface area contributed by atoms with E-state index in [0.717, 1.165) is 16.8 Å². The highest BCUT2D eigenvalue weighted by atomic mass is 16.7. The molecular weight excluding hydrogens is 306 g/mol. The van der Waals surface area contributed by atoms with Crippen LogP contribution < -0.4 is 10.6 Å². The van der Waals surface area contributed by atoms with Gasteiger partial charge in [-0.3, -0.25) is 5.32 Å². The molecule has 3 rings (SSSR count). The lowest BCUT2D eigenvalue weighted by Gasteiger charge is -2.23. The minimum Gasteiger partial charge on any atom is -0.344 e. The predicted molar refractivity (Wildman–Crippen MR) is 90.5 cm³/mol. The molecule has 1 saturated heterocycles. The molecule has 2 heterocycles. The number of aryl methyl sites for hydroxylation is 1. The maximum absolute atomic E-state index is 12.0. The summed E-state index contributed by atoms with van der Waals surface area (Å²) in [5.74, 6) is -0.175. The number of anilines is 1. The fraction of sp³-hybridized carbons (Fsp3) is 0.333. The third-order valence-corrected chi connectivity index (χ3v) is 3.87. The first-order chi connectivity index (χ1) is 11.5. The van der Waals surface area contributed by atoms with Crippen molar-refractivity contribution >= 4 is 11.8 Å². The number of nitrogens with zero attached hydrogens (tertiary/aromatic N) is 1. The van der Waals surface area contributed by atoms with Gasteiger partial charge < -0.3 is 14.8 Å². The van der Waals surface area contributed by atoms with E-state index in [1.807, 2.05) is 50.2 Å². The lowest BCUT2D eigenvalue weighted by atomic mass is 10.0. The lowest BCUT2D eigenvalue weighted by Crippen LogP contribution is -2.29. The number of benzene rings is 1. The Morgan fingerprint density at radius 3 is 2.71 bits per heavy atom. The van der Waals surface area contributed by atoms with Gasteiger partial charge in [0.15, 0.2) is 5.79 Å². The van der Waals surface area contributed by atoms with Gasteiger partial charge in [0.05, 0.1) is 13.2 Å². The molecule has 0 spiro atoms. The number of rotatable bonds is 4. The van der Waals surface area contributed by atoms with Crippen LogP contribution in [0.2, 0.25) is 0 Å². The molecule has 2 aromatic rings. The summed E-state index contributed by atoms with van der Waals surface area (Å²) in [5.41, 5.74) is 2.77. The van der Waals surface area contributed by atoms with Gasteiger partial charge >= 0.3 is 6.03 Å². The van der Waals surface area contributed by atoms with Crippen LogP contribution in [0.25, 0.3) is 0 Å². The second kappa shape index (κ2) is 6.98. The van der Waals surface area contributed by atoms with E-state index in [-0.39, 0.29) is 6.03 Å². The van der Waals surface area contributed by atoms with Gasteiger partial charge in [-0.1, -0.05) is 24.3 Å². The molecule has 0 bridgehead atoms. The number of urea groups is 1. The molecule has 1 aromatic heterocycles. The van der Waals surface area contributed by atoms with Crippen molar-refractivity contribution < 1.29 is 14.3 Å². The molecule has 0 saturated carbocycles. The molecule has 2 amide bonds. The van der Waals surface area contributed by atoms with Crippen LogP contribution in [0.3, 0.4) is 0 Å². The number of aromatic nitrogens is 1. The molecule has 0 aliphatic carbocycles. The van der Waals surface area contributed by atoms with Crippen LogP contribution in [0.15, 0.2) is 42.5 Å². The van der Waals surface area contributed by atoms with E-state index in [4.69, 9.17) is 9.47 Å². The molecule has 0 atom stereocenters. The van der Waals surface area contributed by atoms with E-state index in [1.54, 1.807) is 6.07 Å². The van der Waals surface area contributed by atoms with Crippen molar-refractivity contribution in [2.75, 3.05) is 18.5 Å². The summed E-state index contributed by atoms with van der Waals surface area (Å²) in [7, 11) is 0. The SMILES string of the molecule is Cc1cccc(NC(=O)NCc2cccc(C3(C)OCCO3)c2)n1. The third-order valence-electron chi connectivity index (χ3n) is 3.87. The minimum absolute atomic E-state index is 0.293. The van der Waals surface area contributed by atoms with Crippen molar-refractivity contribution in [1.82, 2.24) is 10.3 Å². The molecule has 0 radical (unpaired) electrons. The molecule has 0 unspecified atom stereocenters. The van der Waals surface area contributed by atoms with Crippen molar-refractivity contribution in [1.29, 1.82) is 0 Å². The fourth-order valence-corrected chi connectivity index (χ4v) is 2.60. The van der Waals surface area contributed by atoms with Gasteiger partial charge in [-0.25, -0.2) is 9.78 Å². The normalized spacial score (nSPS) is 15.9. The third kappa shape index (κ3) is 3.90. The molecule has 126 valence electrons. The first kappa shape index (κ1) is 16.4. The molecule has 1 aliphatic rings. The Kier molecular flexibility index (Phi) is 4.78. The zero-order chi connectivity index (χ0) is 17.0. The molecule has 6 heteroatoms. The van der Waals surface area contributed by atoms with Crippen molar-refractivity contribution in [2.45, 2.75) is 26.2 Å². The van der Waals surface area contributed by atoms with Crippen molar-refractivity contribution in [3.05, 3.63) is 59.3 Å². The Labute approximate surface area is 141 Å². The van der Waals surface area contributed by atoms with Crippen LogP contribution in [-0.4, -0.2) is 24.2 Å². The highest BCUT2D eigenvalue weighted by Gasteiger charge is 2.33. The Balaban J connectivity index is 1.59. The van der Waals surface area contributed by atoms with E-state index in [9.17, 15) is 4.79 Å². The molecule has 24 heavy (non-hydrogen) atoms. The summed E-state index contributed by atoms with van der Waals surface area (Å²) in [6.07, 6.45) is 0. The van der Waals surface area contributed by atoms with Crippen LogP contribution >= 0.6 is 0 Å². The second-order valence-electron chi connectivity index (χ2n) is 5.81. The number of amides is 2.